The third kappa shape index (κ3) is 1.64. The molecule has 3 aromatic rings. The van der Waals surface area contributed by atoms with Crippen LogP contribution < -0.4 is 0 Å². The van der Waals surface area contributed by atoms with Gasteiger partial charge in [-0.1, -0.05) is 17.7 Å². The summed E-state index contributed by atoms with van der Waals surface area (Å²) in [5.41, 5.74) is 2.93. The molecule has 0 aliphatic carbocycles. The lowest BCUT2D eigenvalue weighted by molar-refractivity contribution is 0.790. The van der Waals surface area contributed by atoms with Gasteiger partial charge in [0.05, 0.1) is 10.3 Å². The molecule has 0 aliphatic heterocycles. The second-order valence-corrected chi connectivity index (χ2v) is 5.24. The van der Waals surface area contributed by atoms with Crippen molar-refractivity contribution in [1.82, 2.24) is 14.8 Å². The molecule has 0 N–H and O–H groups in total. The minimum atomic E-state index is 0.510. The van der Waals surface area contributed by atoms with Crippen LogP contribution in [0.15, 0.2) is 23.6 Å². The van der Waals surface area contributed by atoms with Crippen LogP contribution in [0.3, 0.4) is 0 Å². The van der Waals surface area contributed by atoms with E-state index in [1.807, 2.05) is 26.1 Å². The first-order valence-electron chi connectivity index (χ1n) is 5.20. The standard InChI is InChI=1S/C12H10ClN3S/c1-7-6-9(13)14-12-10(7)11(15-16(12)2)8-4-3-5-17-8/h3-6H,1-2H3. The van der Waals surface area contributed by atoms with Crippen molar-refractivity contribution in [3.05, 3.63) is 34.3 Å². The Morgan fingerprint density at radius 3 is 2.94 bits per heavy atom. The largest absolute Gasteiger partial charge is 0.250 e. The van der Waals surface area contributed by atoms with Crippen LogP contribution in [0, 0.1) is 6.92 Å². The van der Waals surface area contributed by atoms with Crippen molar-refractivity contribution in [3.8, 4) is 10.6 Å². The SMILES string of the molecule is Cc1cc(Cl)nc2c1c(-c1cccs1)nn2C. The Labute approximate surface area is 108 Å². The molecular formula is C12H10ClN3S. The number of hydrogen-bond donors (Lipinski definition) is 0. The predicted molar refractivity (Wildman–Crippen MR) is 71.6 cm³/mol. The van der Waals surface area contributed by atoms with E-state index >= 15 is 0 Å². The fourth-order valence-electron chi connectivity index (χ4n) is 1.98. The number of pyridine rings is 1. The highest BCUT2D eigenvalue weighted by atomic mass is 35.5. The summed E-state index contributed by atoms with van der Waals surface area (Å²) in [5, 5.41) is 8.18. The fraction of sp³-hybridized carbons (Fsp3) is 0.167. The molecule has 0 atom stereocenters. The van der Waals surface area contributed by atoms with Crippen molar-refractivity contribution >= 4 is 34.0 Å². The number of aromatic nitrogens is 3. The van der Waals surface area contributed by atoms with Gasteiger partial charge in [0.15, 0.2) is 5.65 Å². The van der Waals surface area contributed by atoms with Gasteiger partial charge in [0, 0.05) is 7.05 Å². The monoisotopic (exact) mass is 263 g/mol. The number of aryl methyl sites for hydroxylation is 2. The summed E-state index contributed by atoms with van der Waals surface area (Å²) < 4.78 is 1.78. The summed E-state index contributed by atoms with van der Waals surface area (Å²) in [4.78, 5) is 5.49. The van der Waals surface area contributed by atoms with Gasteiger partial charge in [0.25, 0.3) is 0 Å². The van der Waals surface area contributed by atoms with Crippen LogP contribution in [0.1, 0.15) is 5.56 Å². The molecule has 3 rings (SSSR count). The van der Waals surface area contributed by atoms with Crippen LogP contribution in [0.25, 0.3) is 21.6 Å². The molecule has 3 aromatic heterocycles. The Hall–Kier alpha value is -1.39. The first-order valence-corrected chi connectivity index (χ1v) is 6.46. The zero-order valence-corrected chi connectivity index (χ0v) is 11.0. The lowest BCUT2D eigenvalue weighted by atomic mass is 10.1. The number of hydrogen-bond acceptors (Lipinski definition) is 3. The van der Waals surface area contributed by atoms with Gasteiger partial charge in [-0.25, -0.2) is 9.67 Å². The maximum absolute atomic E-state index is 5.98. The molecule has 0 aliphatic rings. The highest BCUT2D eigenvalue weighted by Crippen LogP contribution is 2.32. The van der Waals surface area contributed by atoms with Crippen molar-refractivity contribution < 1.29 is 0 Å². The van der Waals surface area contributed by atoms with E-state index in [-0.39, 0.29) is 0 Å². The van der Waals surface area contributed by atoms with Gasteiger partial charge in [-0.15, -0.1) is 11.3 Å². The van der Waals surface area contributed by atoms with Crippen LogP contribution in [0.2, 0.25) is 5.15 Å². The summed E-state index contributed by atoms with van der Waals surface area (Å²) in [6.45, 7) is 2.04. The minimum Gasteiger partial charge on any atom is -0.250 e. The van der Waals surface area contributed by atoms with E-state index in [0.717, 1.165) is 27.2 Å². The van der Waals surface area contributed by atoms with Crippen LogP contribution in [-0.4, -0.2) is 14.8 Å². The summed E-state index contributed by atoms with van der Waals surface area (Å²) in [5.74, 6) is 0. The Morgan fingerprint density at radius 2 is 2.24 bits per heavy atom. The molecule has 0 aromatic carbocycles. The van der Waals surface area contributed by atoms with E-state index in [4.69, 9.17) is 11.6 Å². The Bertz CT molecular complexity index is 685. The van der Waals surface area contributed by atoms with Gasteiger partial charge in [0.2, 0.25) is 0 Å². The third-order valence-electron chi connectivity index (χ3n) is 2.71. The number of halogens is 1. The average molecular weight is 264 g/mol. The third-order valence-corrected chi connectivity index (χ3v) is 3.78. The Kier molecular flexibility index (Phi) is 2.42. The molecule has 0 saturated heterocycles. The van der Waals surface area contributed by atoms with Gasteiger partial charge in [-0.2, -0.15) is 5.10 Å². The molecule has 3 heterocycles. The van der Waals surface area contributed by atoms with Crippen molar-refractivity contribution in [2.45, 2.75) is 6.92 Å². The molecule has 0 fully saturated rings. The molecule has 0 unspecified atom stereocenters. The zero-order valence-electron chi connectivity index (χ0n) is 9.44. The van der Waals surface area contributed by atoms with E-state index in [9.17, 15) is 0 Å². The van der Waals surface area contributed by atoms with Crippen LogP contribution >= 0.6 is 22.9 Å². The molecule has 17 heavy (non-hydrogen) atoms. The predicted octanol–water partition coefficient (Wildman–Crippen LogP) is 3.66. The van der Waals surface area contributed by atoms with E-state index in [1.165, 1.54) is 0 Å². The molecule has 0 amide bonds. The molecule has 0 spiro atoms. The number of thiophene rings is 1. The van der Waals surface area contributed by atoms with E-state index in [0.29, 0.717) is 5.15 Å². The van der Waals surface area contributed by atoms with Crippen LogP contribution in [0.4, 0.5) is 0 Å². The molecule has 3 nitrogen and oxygen atoms in total. The summed E-state index contributed by atoms with van der Waals surface area (Å²) >= 11 is 7.66. The highest BCUT2D eigenvalue weighted by Gasteiger charge is 2.15. The first kappa shape index (κ1) is 10.7. The van der Waals surface area contributed by atoms with Crippen molar-refractivity contribution in [1.29, 1.82) is 0 Å². The number of rotatable bonds is 1. The van der Waals surface area contributed by atoms with Gasteiger partial charge >= 0.3 is 0 Å². The quantitative estimate of drug-likeness (QED) is 0.628. The molecule has 0 saturated carbocycles. The smallest absolute Gasteiger partial charge is 0.160 e. The molecule has 0 radical (unpaired) electrons. The van der Waals surface area contributed by atoms with Crippen molar-refractivity contribution in [2.24, 2.45) is 7.05 Å². The van der Waals surface area contributed by atoms with Gasteiger partial charge in [0.1, 0.15) is 10.8 Å². The molecule has 5 heteroatoms. The van der Waals surface area contributed by atoms with E-state index < -0.39 is 0 Å². The van der Waals surface area contributed by atoms with Gasteiger partial charge < -0.3 is 0 Å². The second-order valence-electron chi connectivity index (χ2n) is 3.91. The summed E-state index contributed by atoms with van der Waals surface area (Å²) in [6, 6.07) is 5.97. The summed E-state index contributed by atoms with van der Waals surface area (Å²) in [6.07, 6.45) is 0. The van der Waals surface area contributed by atoms with E-state index in [2.05, 4.69) is 21.5 Å². The number of fused-ring (bicyclic) bond motifs is 1. The molecule has 0 bridgehead atoms. The number of nitrogens with zero attached hydrogens (tertiary/aromatic N) is 3. The maximum Gasteiger partial charge on any atom is 0.160 e. The van der Waals surface area contributed by atoms with Crippen molar-refractivity contribution in [2.75, 3.05) is 0 Å². The van der Waals surface area contributed by atoms with E-state index in [1.54, 1.807) is 16.0 Å². The lowest BCUT2D eigenvalue weighted by Gasteiger charge is -1.99. The Balaban J connectivity index is 2.42. The average Bonchev–Trinajstić information content (AvgIpc) is 2.86. The molecule has 86 valence electrons. The van der Waals surface area contributed by atoms with Crippen LogP contribution in [-0.2, 0) is 7.05 Å². The fourth-order valence-corrected chi connectivity index (χ4v) is 2.94. The first-order chi connectivity index (χ1) is 8.16. The highest BCUT2D eigenvalue weighted by molar-refractivity contribution is 7.13. The minimum absolute atomic E-state index is 0.510. The van der Waals surface area contributed by atoms with Crippen LogP contribution in [0.5, 0.6) is 0 Å². The van der Waals surface area contributed by atoms with Gasteiger partial charge in [-0.05, 0) is 30.0 Å². The molecular weight excluding hydrogens is 254 g/mol. The Morgan fingerprint density at radius 1 is 1.41 bits per heavy atom. The maximum atomic E-state index is 5.98. The zero-order chi connectivity index (χ0) is 12.0. The lowest BCUT2D eigenvalue weighted by Crippen LogP contribution is -1.92. The van der Waals surface area contributed by atoms with Gasteiger partial charge in [-0.3, -0.25) is 0 Å². The second kappa shape index (κ2) is 3.82. The summed E-state index contributed by atoms with van der Waals surface area (Å²) in [7, 11) is 1.89. The topological polar surface area (TPSA) is 30.7 Å². The normalized spacial score (nSPS) is 11.2. The van der Waals surface area contributed by atoms with Crippen molar-refractivity contribution in [3.63, 3.8) is 0 Å².